The van der Waals surface area contributed by atoms with E-state index in [1.807, 2.05) is 72.8 Å². The molecule has 0 amide bonds. The number of fused-ring (bicyclic) bond motifs is 3. The van der Waals surface area contributed by atoms with E-state index < -0.39 is 23.0 Å². The lowest BCUT2D eigenvalue weighted by Crippen LogP contribution is -2.61. The molecule has 4 aliphatic rings. The molecule has 0 spiro atoms. The van der Waals surface area contributed by atoms with Crippen LogP contribution in [-0.4, -0.2) is 11.6 Å². The van der Waals surface area contributed by atoms with Crippen molar-refractivity contribution in [3.8, 4) is 0 Å². The molecule has 2 unspecified atom stereocenters. The number of carbonyl (C=O) groups is 2. The molecular weight excluding hydrogens is 592 g/mol. The number of rotatable bonds is 4. The first-order chi connectivity index (χ1) is 23.1. The number of Topliss-reactive ketones (excluding diaryl/α,β-unsaturated/α-hetero) is 2. The first-order valence-corrected chi connectivity index (χ1v) is 17.2. The van der Waals surface area contributed by atoms with E-state index in [9.17, 15) is 9.59 Å². The number of ether oxygens (including phenoxy) is 2. The monoisotopic (exact) mass is 634 g/mol. The van der Waals surface area contributed by atoms with Crippen molar-refractivity contribution in [3.63, 3.8) is 0 Å². The van der Waals surface area contributed by atoms with Gasteiger partial charge in [-0.15, -0.1) is 0 Å². The molecule has 0 N–H and O–H groups in total. The molecule has 2 heterocycles. The van der Waals surface area contributed by atoms with Crippen LogP contribution in [-0.2, 0) is 30.3 Å². The summed E-state index contributed by atoms with van der Waals surface area (Å²) >= 11 is 0. The third-order valence-electron chi connectivity index (χ3n) is 11.0. The Labute approximate surface area is 283 Å². The van der Waals surface area contributed by atoms with Crippen LogP contribution in [0.4, 0.5) is 0 Å². The van der Waals surface area contributed by atoms with Crippen LogP contribution in [0.3, 0.4) is 0 Å². The second kappa shape index (κ2) is 10.9. The van der Waals surface area contributed by atoms with E-state index in [2.05, 4.69) is 76.2 Å². The topological polar surface area (TPSA) is 52.6 Å². The lowest BCUT2D eigenvalue weighted by atomic mass is 9.52. The van der Waals surface area contributed by atoms with E-state index >= 15 is 0 Å². The summed E-state index contributed by atoms with van der Waals surface area (Å²) in [6.45, 7) is 8.57. The van der Waals surface area contributed by atoms with Crippen LogP contribution in [0.2, 0.25) is 0 Å². The Kier molecular flexibility index (Phi) is 6.96. The van der Waals surface area contributed by atoms with Crippen molar-refractivity contribution in [2.45, 2.75) is 64.6 Å². The number of benzene rings is 4. The zero-order valence-corrected chi connectivity index (χ0v) is 28.2. The van der Waals surface area contributed by atoms with Gasteiger partial charge in [0, 0.05) is 59.1 Å². The Morgan fingerprint density at radius 3 is 0.979 bits per heavy atom. The predicted molar refractivity (Wildman–Crippen MR) is 187 cm³/mol. The van der Waals surface area contributed by atoms with Gasteiger partial charge in [-0.2, -0.15) is 0 Å². The number of carbonyl (C=O) groups excluding carboxylic acids is 2. The van der Waals surface area contributed by atoms with Gasteiger partial charge in [0.2, 0.25) is 0 Å². The summed E-state index contributed by atoms with van der Waals surface area (Å²) in [7, 11) is 0. The molecule has 4 heteroatoms. The van der Waals surface area contributed by atoms with Crippen molar-refractivity contribution >= 4 is 11.6 Å². The molecule has 0 aromatic heterocycles. The van der Waals surface area contributed by atoms with E-state index in [0.717, 1.165) is 22.3 Å². The third kappa shape index (κ3) is 4.56. The average molecular weight is 635 g/mol. The Balaban J connectivity index is 1.58. The average Bonchev–Trinajstić information content (AvgIpc) is 3.07. The fraction of sp³-hybridized carbons (Fsp3) is 0.318. The maximum atomic E-state index is 14.8. The van der Waals surface area contributed by atoms with E-state index in [-0.39, 0.29) is 22.4 Å². The van der Waals surface area contributed by atoms with Crippen LogP contribution in [0.15, 0.2) is 144 Å². The molecule has 2 aliphatic heterocycles. The summed E-state index contributed by atoms with van der Waals surface area (Å²) in [5.41, 5.74) is 2.32. The first-order valence-electron chi connectivity index (χ1n) is 17.2. The number of ketones is 2. The van der Waals surface area contributed by atoms with Crippen molar-refractivity contribution in [1.29, 1.82) is 0 Å². The van der Waals surface area contributed by atoms with Crippen LogP contribution < -0.4 is 0 Å². The van der Waals surface area contributed by atoms with Gasteiger partial charge in [0.1, 0.15) is 11.5 Å². The third-order valence-corrected chi connectivity index (χ3v) is 11.0. The molecular formula is C44H42O4. The van der Waals surface area contributed by atoms with Crippen molar-refractivity contribution < 1.29 is 19.1 Å². The number of hydrogen-bond acceptors (Lipinski definition) is 4. The molecule has 242 valence electrons. The fourth-order valence-corrected chi connectivity index (χ4v) is 9.19. The SMILES string of the molecule is CC1(C)CC(=O)C2=C(C1)OC(c1ccccc1)(c1ccccc1)C1C3=C(CC(C)(C)CC3=O)OC(c3ccccc3)(c3ccccc3)C21. The number of hydrogen-bond donors (Lipinski definition) is 0. The van der Waals surface area contributed by atoms with Crippen molar-refractivity contribution in [3.05, 3.63) is 166 Å². The minimum absolute atomic E-state index is 0.0680. The summed E-state index contributed by atoms with van der Waals surface area (Å²) in [6, 6.07) is 41.3. The summed E-state index contributed by atoms with van der Waals surface area (Å²) in [5, 5.41) is 0. The van der Waals surface area contributed by atoms with Crippen molar-refractivity contribution in [2.75, 3.05) is 0 Å². The summed E-state index contributed by atoms with van der Waals surface area (Å²) in [5.74, 6) is 0.435. The van der Waals surface area contributed by atoms with E-state index in [0.29, 0.717) is 48.3 Å². The molecule has 48 heavy (non-hydrogen) atoms. The second-order valence-electron chi connectivity index (χ2n) is 15.7. The minimum atomic E-state index is -1.12. The van der Waals surface area contributed by atoms with E-state index in [4.69, 9.17) is 9.47 Å². The molecule has 0 fully saturated rings. The smallest absolute Gasteiger partial charge is 0.166 e. The Morgan fingerprint density at radius 1 is 0.438 bits per heavy atom. The highest BCUT2D eigenvalue weighted by Crippen LogP contribution is 2.67. The number of allylic oxidation sites excluding steroid dienone is 2. The normalized spacial score (nSPS) is 24.8. The Morgan fingerprint density at radius 2 is 0.708 bits per heavy atom. The fourth-order valence-electron chi connectivity index (χ4n) is 9.19. The van der Waals surface area contributed by atoms with Gasteiger partial charge in [0.05, 0.1) is 11.8 Å². The van der Waals surface area contributed by atoms with Crippen LogP contribution in [0.5, 0.6) is 0 Å². The summed E-state index contributed by atoms with van der Waals surface area (Å²) in [4.78, 5) is 29.6. The van der Waals surface area contributed by atoms with Gasteiger partial charge in [-0.05, 0) is 10.8 Å². The van der Waals surface area contributed by atoms with Crippen molar-refractivity contribution in [2.24, 2.45) is 22.7 Å². The molecule has 2 atom stereocenters. The molecule has 2 aliphatic carbocycles. The minimum Gasteiger partial charge on any atom is -0.481 e. The van der Waals surface area contributed by atoms with E-state index in [1.165, 1.54) is 0 Å². The van der Waals surface area contributed by atoms with Crippen molar-refractivity contribution in [1.82, 2.24) is 0 Å². The molecule has 0 radical (unpaired) electrons. The first kappa shape index (κ1) is 30.6. The molecule has 4 aromatic carbocycles. The van der Waals surface area contributed by atoms with Gasteiger partial charge in [0.15, 0.2) is 22.8 Å². The summed E-state index contributed by atoms with van der Waals surface area (Å²) in [6.07, 6.45) is 2.00. The van der Waals surface area contributed by atoms with Crippen LogP contribution in [0.1, 0.15) is 75.6 Å². The maximum Gasteiger partial charge on any atom is 0.166 e. The second-order valence-corrected chi connectivity index (χ2v) is 15.7. The molecule has 0 saturated carbocycles. The van der Waals surface area contributed by atoms with Gasteiger partial charge >= 0.3 is 0 Å². The molecule has 8 rings (SSSR count). The van der Waals surface area contributed by atoms with Crippen LogP contribution >= 0.6 is 0 Å². The highest BCUT2D eigenvalue weighted by molar-refractivity contribution is 6.02. The lowest BCUT2D eigenvalue weighted by Gasteiger charge is -2.60. The zero-order chi connectivity index (χ0) is 33.3. The molecule has 0 bridgehead atoms. The summed E-state index contributed by atoms with van der Waals surface area (Å²) < 4.78 is 15.1. The van der Waals surface area contributed by atoms with Crippen LogP contribution in [0, 0.1) is 22.7 Å². The highest BCUT2D eigenvalue weighted by Gasteiger charge is 2.68. The van der Waals surface area contributed by atoms with Crippen LogP contribution in [0.25, 0.3) is 0 Å². The lowest BCUT2D eigenvalue weighted by molar-refractivity contribution is -0.153. The van der Waals surface area contributed by atoms with Gasteiger partial charge < -0.3 is 9.47 Å². The predicted octanol–water partition coefficient (Wildman–Crippen LogP) is 9.45. The quantitative estimate of drug-likeness (QED) is 0.224. The highest BCUT2D eigenvalue weighted by atomic mass is 16.5. The molecule has 0 saturated heterocycles. The van der Waals surface area contributed by atoms with Gasteiger partial charge in [-0.1, -0.05) is 149 Å². The van der Waals surface area contributed by atoms with E-state index in [1.54, 1.807) is 0 Å². The maximum absolute atomic E-state index is 14.8. The van der Waals surface area contributed by atoms with Gasteiger partial charge in [-0.25, -0.2) is 0 Å². The standard InChI is InChI=1S/C44H42O4/c1-41(2)25-33(45)37-35(27-41)47-43(29-17-9-5-10-18-29,30-19-11-6-12-20-30)40-38-34(46)26-42(3,4)28-36(38)48-44(39(37)40,31-21-13-7-14-22-31)32-23-15-8-16-24-32/h5-24,39-40H,25-28H2,1-4H3. The Bertz CT molecular complexity index is 1730. The molecule has 4 aromatic rings. The zero-order valence-electron chi connectivity index (χ0n) is 28.2. The largest absolute Gasteiger partial charge is 0.481 e. The Hall–Kier alpha value is -4.70. The molecule has 4 nitrogen and oxygen atoms in total. The van der Waals surface area contributed by atoms with Gasteiger partial charge in [-0.3, -0.25) is 9.59 Å². The van der Waals surface area contributed by atoms with Gasteiger partial charge in [0.25, 0.3) is 0 Å².